The molecular formula is C3H7ClN2O2. The van der Waals surface area contributed by atoms with E-state index < -0.39 is 11.9 Å². The molecule has 0 saturated heterocycles. The summed E-state index contributed by atoms with van der Waals surface area (Å²) in [5, 5.41) is 1.81. The molecule has 48 valence electrons. The van der Waals surface area contributed by atoms with Crippen molar-refractivity contribution in [1.82, 2.24) is 5.32 Å². The number of nitrogens with two attached hydrogens (primary N) is 1. The molecule has 5 heteroatoms. The Bertz CT molecular complexity index is 91.5. The van der Waals surface area contributed by atoms with Gasteiger partial charge in [-0.05, 0) is 0 Å². The van der Waals surface area contributed by atoms with Gasteiger partial charge in [0.1, 0.15) is 0 Å². The van der Waals surface area contributed by atoms with Crippen molar-refractivity contribution >= 4 is 24.3 Å². The Hall–Kier alpha value is -0.770. The number of primary amides is 1. The number of halogens is 1. The van der Waals surface area contributed by atoms with Crippen LogP contribution >= 0.6 is 12.4 Å². The first-order valence-electron chi connectivity index (χ1n) is 1.70. The van der Waals surface area contributed by atoms with E-state index in [1.54, 1.807) is 5.32 Å². The van der Waals surface area contributed by atoms with Gasteiger partial charge in [0, 0.05) is 6.92 Å². The third-order valence-electron chi connectivity index (χ3n) is 0.299. The number of carbonyl (C=O) groups excluding carboxylic acids is 2. The third kappa shape index (κ3) is 8.97. The Labute approximate surface area is 52.8 Å². The largest absolute Gasteiger partial charge is 0.351 e. The van der Waals surface area contributed by atoms with Crippen molar-refractivity contribution < 1.29 is 9.59 Å². The van der Waals surface area contributed by atoms with Crippen LogP contribution in [0, 0.1) is 0 Å². The molecule has 0 aliphatic rings. The molecule has 0 fully saturated rings. The first kappa shape index (κ1) is 10.3. The Kier molecular flexibility index (Phi) is 5.63. The number of carbonyl (C=O) groups is 2. The van der Waals surface area contributed by atoms with Gasteiger partial charge < -0.3 is 5.73 Å². The van der Waals surface area contributed by atoms with Crippen LogP contribution in [0.15, 0.2) is 0 Å². The smallest absolute Gasteiger partial charge is 0.318 e. The lowest BCUT2D eigenvalue weighted by molar-refractivity contribution is -0.117. The van der Waals surface area contributed by atoms with Gasteiger partial charge in [-0.1, -0.05) is 0 Å². The quantitative estimate of drug-likeness (QED) is 0.479. The van der Waals surface area contributed by atoms with Crippen LogP contribution in [0.3, 0.4) is 0 Å². The fraction of sp³-hybridized carbons (Fsp3) is 0.333. The first-order chi connectivity index (χ1) is 3.13. The molecule has 0 aliphatic carbocycles. The van der Waals surface area contributed by atoms with E-state index in [-0.39, 0.29) is 12.4 Å². The Balaban J connectivity index is 0. The Morgan fingerprint density at radius 3 is 1.88 bits per heavy atom. The van der Waals surface area contributed by atoms with E-state index in [2.05, 4.69) is 5.73 Å². The van der Waals surface area contributed by atoms with Crippen molar-refractivity contribution in [3.8, 4) is 0 Å². The van der Waals surface area contributed by atoms with Gasteiger partial charge in [0.2, 0.25) is 5.91 Å². The second-order valence-corrected chi connectivity index (χ2v) is 1.05. The Morgan fingerprint density at radius 1 is 1.50 bits per heavy atom. The summed E-state index contributed by atoms with van der Waals surface area (Å²) in [5.41, 5.74) is 4.52. The van der Waals surface area contributed by atoms with Crippen molar-refractivity contribution in [3.63, 3.8) is 0 Å². The van der Waals surface area contributed by atoms with Crippen molar-refractivity contribution in [2.75, 3.05) is 0 Å². The van der Waals surface area contributed by atoms with E-state index >= 15 is 0 Å². The molecule has 0 atom stereocenters. The van der Waals surface area contributed by atoms with Crippen LogP contribution in [0.2, 0.25) is 0 Å². The highest BCUT2D eigenvalue weighted by Crippen LogP contribution is 1.55. The molecule has 0 spiro atoms. The van der Waals surface area contributed by atoms with Crippen LogP contribution in [0.4, 0.5) is 4.79 Å². The van der Waals surface area contributed by atoms with Crippen LogP contribution in [-0.4, -0.2) is 11.9 Å². The van der Waals surface area contributed by atoms with Crippen LogP contribution in [0.25, 0.3) is 0 Å². The zero-order chi connectivity index (χ0) is 5.86. The van der Waals surface area contributed by atoms with E-state index in [0.29, 0.717) is 0 Å². The van der Waals surface area contributed by atoms with Crippen LogP contribution in [0.1, 0.15) is 6.92 Å². The number of rotatable bonds is 0. The minimum Gasteiger partial charge on any atom is -0.351 e. The van der Waals surface area contributed by atoms with Crippen molar-refractivity contribution in [1.29, 1.82) is 0 Å². The fourth-order valence-corrected chi connectivity index (χ4v) is 0.173. The number of hydrogen-bond donors (Lipinski definition) is 2. The monoisotopic (exact) mass is 138 g/mol. The van der Waals surface area contributed by atoms with Crippen LogP contribution < -0.4 is 11.1 Å². The highest BCUT2D eigenvalue weighted by atomic mass is 35.5. The maximum Gasteiger partial charge on any atom is 0.318 e. The average Bonchev–Trinajstić information content (AvgIpc) is 1.27. The van der Waals surface area contributed by atoms with E-state index in [1.807, 2.05) is 0 Å². The normalized spacial score (nSPS) is 6.62. The van der Waals surface area contributed by atoms with E-state index in [0.717, 1.165) is 0 Å². The summed E-state index contributed by atoms with van der Waals surface area (Å²) in [6.45, 7) is 1.21. The number of nitrogens with one attached hydrogen (secondary N) is 1. The second kappa shape index (κ2) is 4.39. The minimum atomic E-state index is -0.812. The lowest BCUT2D eigenvalue weighted by atomic mass is 10.7. The summed E-state index contributed by atoms with van der Waals surface area (Å²) in [7, 11) is 0. The molecule has 0 unspecified atom stereocenters. The second-order valence-electron chi connectivity index (χ2n) is 1.05. The maximum atomic E-state index is 9.84. The standard InChI is InChI=1S/C3H6N2O2.ClH/c1-2(6)5-3(4)7;/h1H3,(H3,4,5,6,7);1H. The van der Waals surface area contributed by atoms with Gasteiger partial charge in [-0.15, -0.1) is 12.4 Å². The molecule has 0 radical (unpaired) electrons. The summed E-state index contributed by atoms with van der Waals surface area (Å²) in [6, 6.07) is -0.812. The predicted octanol–water partition coefficient (Wildman–Crippen LogP) is -0.377. The highest BCUT2D eigenvalue weighted by Gasteiger charge is 1.91. The number of amides is 3. The van der Waals surface area contributed by atoms with Crippen LogP contribution in [-0.2, 0) is 4.79 Å². The molecule has 0 bridgehead atoms. The summed E-state index contributed by atoms with van der Waals surface area (Å²) in [5.74, 6) is -0.437. The van der Waals surface area contributed by atoms with Gasteiger partial charge >= 0.3 is 6.03 Å². The summed E-state index contributed by atoms with van der Waals surface area (Å²) in [6.07, 6.45) is 0. The zero-order valence-electron chi connectivity index (χ0n) is 4.30. The summed E-state index contributed by atoms with van der Waals surface area (Å²) >= 11 is 0. The molecule has 8 heavy (non-hydrogen) atoms. The van der Waals surface area contributed by atoms with Crippen LogP contribution in [0.5, 0.6) is 0 Å². The number of urea groups is 1. The molecule has 0 aliphatic heterocycles. The fourth-order valence-electron chi connectivity index (χ4n) is 0.173. The van der Waals surface area contributed by atoms with Crippen molar-refractivity contribution in [2.24, 2.45) is 5.73 Å². The average molecular weight is 139 g/mol. The van der Waals surface area contributed by atoms with Gasteiger partial charge in [0.15, 0.2) is 0 Å². The van der Waals surface area contributed by atoms with Gasteiger partial charge in [-0.2, -0.15) is 0 Å². The molecule has 0 saturated carbocycles. The SMILES string of the molecule is CC(=O)NC(N)=O.Cl. The van der Waals surface area contributed by atoms with Gasteiger partial charge in [0.25, 0.3) is 0 Å². The summed E-state index contributed by atoms with van der Waals surface area (Å²) in [4.78, 5) is 19.5. The summed E-state index contributed by atoms with van der Waals surface area (Å²) < 4.78 is 0. The zero-order valence-corrected chi connectivity index (χ0v) is 5.12. The molecule has 4 nitrogen and oxygen atoms in total. The van der Waals surface area contributed by atoms with Gasteiger partial charge in [-0.25, -0.2) is 4.79 Å². The van der Waals surface area contributed by atoms with E-state index in [4.69, 9.17) is 0 Å². The lowest BCUT2D eigenvalue weighted by Crippen LogP contribution is -2.32. The van der Waals surface area contributed by atoms with Crippen molar-refractivity contribution in [2.45, 2.75) is 6.92 Å². The maximum absolute atomic E-state index is 9.84. The number of hydrogen-bond acceptors (Lipinski definition) is 2. The topological polar surface area (TPSA) is 72.2 Å². The minimum absolute atomic E-state index is 0. The molecule has 0 aromatic rings. The molecule has 0 rings (SSSR count). The third-order valence-corrected chi connectivity index (χ3v) is 0.299. The lowest BCUT2D eigenvalue weighted by Gasteiger charge is -1.88. The van der Waals surface area contributed by atoms with Gasteiger partial charge in [-0.3, -0.25) is 10.1 Å². The highest BCUT2D eigenvalue weighted by molar-refractivity contribution is 5.92. The van der Waals surface area contributed by atoms with E-state index in [9.17, 15) is 9.59 Å². The first-order valence-corrected chi connectivity index (χ1v) is 1.70. The predicted molar refractivity (Wildman–Crippen MR) is 30.6 cm³/mol. The molecule has 0 aromatic heterocycles. The molecule has 0 aromatic carbocycles. The molecule has 3 amide bonds. The van der Waals surface area contributed by atoms with Crippen molar-refractivity contribution in [3.05, 3.63) is 0 Å². The van der Waals surface area contributed by atoms with E-state index in [1.165, 1.54) is 6.92 Å². The molecular weight excluding hydrogens is 131 g/mol. The molecule has 3 N–H and O–H groups in total. The molecule has 0 heterocycles. The Morgan fingerprint density at radius 2 is 1.88 bits per heavy atom. The van der Waals surface area contributed by atoms with Gasteiger partial charge in [0.05, 0.1) is 0 Å². The number of imide groups is 1.